The molecular weight excluding hydrogens is 368 g/mol. The van der Waals surface area contributed by atoms with Crippen molar-refractivity contribution >= 4 is 28.6 Å². The molecule has 1 atom stereocenters. The van der Waals surface area contributed by atoms with Gasteiger partial charge in [-0.15, -0.1) is 0 Å². The van der Waals surface area contributed by atoms with E-state index in [4.69, 9.17) is 9.72 Å². The molecule has 1 aromatic heterocycles. The molecule has 0 aliphatic heterocycles. The van der Waals surface area contributed by atoms with Crippen LogP contribution in [0.4, 0.5) is 0 Å². The molecule has 0 saturated heterocycles. The van der Waals surface area contributed by atoms with Crippen LogP contribution in [0.3, 0.4) is 0 Å². The van der Waals surface area contributed by atoms with Crippen LogP contribution in [-0.2, 0) is 4.79 Å². The zero-order valence-corrected chi connectivity index (χ0v) is 17.4. The quantitative estimate of drug-likeness (QED) is 0.526. The topological polar surface area (TPSA) is 51.2 Å². The van der Waals surface area contributed by atoms with Gasteiger partial charge < -0.3 is 10.1 Å². The molecule has 0 fully saturated rings. The van der Waals surface area contributed by atoms with E-state index in [1.165, 1.54) is 11.8 Å². The largest absolute Gasteiger partial charge is 0.497 e. The Bertz CT molecular complexity index is 944. The van der Waals surface area contributed by atoms with Gasteiger partial charge in [0.25, 0.3) is 0 Å². The second-order valence-electron chi connectivity index (χ2n) is 6.80. The molecule has 1 amide bonds. The molecule has 0 radical (unpaired) electrons. The molecule has 1 N–H and O–H groups in total. The van der Waals surface area contributed by atoms with E-state index in [9.17, 15) is 4.79 Å². The van der Waals surface area contributed by atoms with E-state index in [2.05, 4.69) is 30.4 Å². The van der Waals surface area contributed by atoms with E-state index in [0.29, 0.717) is 5.75 Å². The first-order valence-corrected chi connectivity index (χ1v) is 10.6. The number of hydrogen-bond acceptors (Lipinski definition) is 4. The van der Waals surface area contributed by atoms with Gasteiger partial charge in [-0.05, 0) is 42.7 Å². The van der Waals surface area contributed by atoms with Gasteiger partial charge in [0.05, 0.1) is 23.4 Å². The highest BCUT2D eigenvalue weighted by molar-refractivity contribution is 7.99. The maximum absolute atomic E-state index is 12.2. The standard InChI is InChI=1S/C23H26N2O2S/c1-4-8-16(2)24-22(26)15-28-23-14-20(17-9-6-5-7-10-17)19-12-11-18(27-3)13-21(19)25-23/h5-7,9-14,16H,4,8,15H2,1-3H3,(H,24,26)/t16-/m0/s1. The lowest BCUT2D eigenvalue weighted by molar-refractivity contribution is -0.119. The van der Waals surface area contributed by atoms with Gasteiger partial charge in [-0.1, -0.05) is 55.4 Å². The monoisotopic (exact) mass is 394 g/mol. The number of thioether (sulfide) groups is 1. The number of benzene rings is 2. The summed E-state index contributed by atoms with van der Waals surface area (Å²) in [6, 6.07) is 18.4. The Labute approximate surface area is 170 Å². The summed E-state index contributed by atoms with van der Waals surface area (Å²) in [6.45, 7) is 4.16. The van der Waals surface area contributed by atoms with Crippen LogP contribution in [0.5, 0.6) is 5.75 Å². The van der Waals surface area contributed by atoms with Crippen LogP contribution in [0.2, 0.25) is 0 Å². The van der Waals surface area contributed by atoms with Gasteiger partial charge in [0.2, 0.25) is 5.91 Å². The normalized spacial score (nSPS) is 12.0. The van der Waals surface area contributed by atoms with Crippen molar-refractivity contribution in [2.75, 3.05) is 12.9 Å². The van der Waals surface area contributed by atoms with Gasteiger partial charge >= 0.3 is 0 Å². The van der Waals surface area contributed by atoms with Gasteiger partial charge in [0, 0.05) is 17.5 Å². The molecule has 2 aromatic carbocycles. The third kappa shape index (κ3) is 5.04. The molecule has 0 spiro atoms. The lowest BCUT2D eigenvalue weighted by Crippen LogP contribution is -2.33. The number of nitrogens with zero attached hydrogens (tertiary/aromatic N) is 1. The second-order valence-corrected chi connectivity index (χ2v) is 7.80. The van der Waals surface area contributed by atoms with Gasteiger partial charge in [0.15, 0.2) is 0 Å². The Morgan fingerprint density at radius 2 is 1.96 bits per heavy atom. The third-order valence-corrected chi connectivity index (χ3v) is 5.47. The number of carbonyl (C=O) groups excluding carboxylic acids is 1. The molecule has 146 valence electrons. The van der Waals surface area contributed by atoms with E-state index in [1.54, 1.807) is 7.11 Å². The van der Waals surface area contributed by atoms with Crippen LogP contribution in [0.15, 0.2) is 59.6 Å². The summed E-state index contributed by atoms with van der Waals surface area (Å²) in [5.41, 5.74) is 3.10. The number of pyridine rings is 1. The summed E-state index contributed by atoms with van der Waals surface area (Å²) in [5, 5.41) is 4.94. The molecule has 1 heterocycles. The molecule has 0 unspecified atom stereocenters. The Morgan fingerprint density at radius 3 is 2.68 bits per heavy atom. The van der Waals surface area contributed by atoms with Gasteiger partial charge in [-0.3, -0.25) is 4.79 Å². The number of hydrogen-bond donors (Lipinski definition) is 1. The Morgan fingerprint density at radius 1 is 1.18 bits per heavy atom. The maximum Gasteiger partial charge on any atom is 0.230 e. The van der Waals surface area contributed by atoms with E-state index in [-0.39, 0.29) is 11.9 Å². The van der Waals surface area contributed by atoms with Crippen molar-refractivity contribution in [3.05, 3.63) is 54.6 Å². The van der Waals surface area contributed by atoms with Crippen molar-refractivity contribution in [2.24, 2.45) is 0 Å². The third-order valence-electron chi connectivity index (χ3n) is 4.56. The summed E-state index contributed by atoms with van der Waals surface area (Å²) in [6.07, 6.45) is 2.05. The minimum atomic E-state index is 0.0414. The van der Waals surface area contributed by atoms with Gasteiger partial charge in [-0.25, -0.2) is 4.98 Å². The van der Waals surface area contributed by atoms with E-state index < -0.39 is 0 Å². The highest BCUT2D eigenvalue weighted by atomic mass is 32.2. The van der Waals surface area contributed by atoms with Crippen LogP contribution in [0.25, 0.3) is 22.0 Å². The number of amides is 1. The molecule has 0 aliphatic rings. The first kappa shape index (κ1) is 20.2. The minimum absolute atomic E-state index is 0.0414. The van der Waals surface area contributed by atoms with Gasteiger partial charge in [-0.2, -0.15) is 0 Å². The van der Waals surface area contributed by atoms with Crippen LogP contribution >= 0.6 is 11.8 Å². The van der Waals surface area contributed by atoms with Crippen molar-refractivity contribution in [2.45, 2.75) is 37.8 Å². The van der Waals surface area contributed by atoms with Crippen molar-refractivity contribution in [3.63, 3.8) is 0 Å². The zero-order valence-electron chi connectivity index (χ0n) is 16.6. The second kappa shape index (κ2) is 9.60. The summed E-state index contributed by atoms with van der Waals surface area (Å²) >= 11 is 1.46. The fraction of sp³-hybridized carbons (Fsp3) is 0.304. The first-order chi connectivity index (χ1) is 13.6. The number of aromatic nitrogens is 1. The van der Waals surface area contributed by atoms with Crippen LogP contribution in [-0.4, -0.2) is 29.8 Å². The highest BCUT2D eigenvalue weighted by Gasteiger charge is 2.12. The molecule has 4 nitrogen and oxygen atoms in total. The van der Waals surface area contributed by atoms with E-state index in [0.717, 1.165) is 45.6 Å². The molecule has 5 heteroatoms. The predicted octanol–water partition coefficient (Wildman–Crippen LogP) is 5.31. The lowest BCUT2D eigenvalue weighted by atomic mass is 10.0. The first-order valence-electron chi connectivity index (χ1n) is 9.57. The lowest BCUT2D eigenvalue weighted by Gasteiger charge is -2.13. The maximum atomic E-state index is 12.2. The predicted molar refractivity (Wildman–Crippen MR) is 117 cm³/mol. The highest BCUT2D eigenvalue weighted by Crippen LogP contribution is 2.33. The zero-order chi connectivity index (χ0) is 19.9. The Hall–Kier alpha value is -2.53. The number of methoxy groups -OCH3 is 1. The number of carbonyl (C=O) groups is 1. The molecule has 3 rings (SSSR count). The molecule has 0 aliphatic carbocycles. The average Bonchev–Trinajstić information content (AvgIpc) is 2.72. The number of fused-ring (bicyclic) bond motifs is 1. The smallest absolute Gasteiger partial charge is 0.230 e. The fourth-order valence-electron chi connectivity index (χ4n) is 3.20. The van der Waals surface area contributed by atoms with Crippen LogP contribution in [0.1, 0.15) is 26.7 Å². The van der Waals surface area contributed by atoms with E-state index >= 15 is 0 Å². The number of nitrogens with one attached hydrogen (secondary N) is 1. The molecule has 28 heavy (non-hydrogen) atoms. The minimum Gasteiger partial charge on any atom is -0.497 e. The van der Waals surface area contributed by atoms with Crippen molar-refractivity contribution in [3.8, 4) is 16.9 Å². The molecule has 0 bridgehead atoms. The SMILES string of the molecule is CCC[C@H](C)NC(=O)CSc1cc(-c2ccccc2)c2ccc(OC)cc2n1. The Kier molecular flexibility index (Phi) is 6.93. The summed E-state index contributed by atoms with van der Waals surface area (Å²) in [5.74, 6) is 1.16. The summed E-state index contributed by atoms with van der Waals surface area (Å²) in [7, 11) is 1.65. The van der Waals surface area contributed by atoms with E-state index in [1.807, 2.05) is 43.3 Å². The fourth-order valence-corrected chi connectivity index (χ4v) is 3.93. The van der Waals surface area contributed by atoms with Gasteiger partial charge in [0.1, 0.15) is 5.75 Å². The summed E-state index contributed by atoms with van der Waals surface area (Å²) < 4.78 is 5.36. The average molecular weight is 395 g/mol. The molecular formula is C23H26N2O2S. The van der Waals surface area contributed by atoms with Crippen molar-refractivity contribution < 1.29 is 9.53 Å². The summed E-state index contributed by atoms with van der Waals surface area (Å²) in [4.78, 5) is 17.0. The van der Waals surface area contributed by atoms with Crippen molar-refractivity contribution in [1.82, 2.24) is 10.3 Å². The number of rotatable bonds is 8. The molecule has 0 saturated carbocycles. The number of ether oxygens (including phenoxy) is 1. The Balaban J connectivity index is 1.89. The van der Waals surface area contributed by atoms with Crippen LogP contribution < -0.4 is 10.1 Å². The van der Waals surface area contributed by atoms with Crippen molar-refractivity contribution in [1.29, 1.82) is 0 Å². The molecule has 3 aromatic rings. The van der Waals surface area contributed by atoms with Crippen LogP contribution in [0, 0.1) is 0 Å².